The Labute approximate surface area is 296 Å². The van der Waals surface area contributed by atoms with Gasteiger partial charge in [-0.15, -0.1) is 0 Å². The summed E-state index contributed by atoms with van der Waals surface area (Å²) < 4.78 is 2.43. The summed E-state index contributed by atoms with van der Waals surface area (Å²) in [5.74, 6) is 0. The van der Waals surface area contributed by atoms with E-state index in [0.717, 1.165) is 5.69 Å². The van der Waals surface area contributed by atoms with Crippen LogP contribution in [0.25, 0.3) is 105 Å². The van der Waals surface area contributed by atoms with Crippen LogP contribution in [-0.4, -0.2) is 4.57 Å². The average Bonchev–Trinajstić information content (AvgIpc) is 3.73. The highest BCUT2D eigenvalue weighted by Gasteiger charge is 2.30. The van der Waals surface area contributed by atoms with Gasteiger partial charge in [-0.05, 0) is 108 Å². The van der Waals surface area contributed by atoms with E-state index >= 15 is 0 Å². The van der Waals surface area contributed by atoms with Gasteiger partial charge in [0.05, 0.1) is 11.0 Å². The zero-order valence-corrected chi connectivity index (χ0v) is 27.8. The van der Waals surface area contributed by atoms with Gasteiger partial charge in [-0.3, -0.25) is 0 Å². The molecule has 0 saturated carbocycles. The van der Waals surface area contributed by atoms with E-state index in [9.17, 15) is 0 Å². The summed E-state index contributed by atoms with van der Waals surface area (Å²) in [4.78, 5) is 0. The molecule has 1 aliphatic carbocycles. The first kappa shape index (κ1) is 28.2. The molecule has 1 heterocycles. The number of nitrogens with zero attached hydrogens (tertiary/aromatic N) is 1. The standard InChI is InChI=1S/C50H31N/c1-3-13-32(14-4-1)43-31-42(47(36-16-5-2-6-17-36)50-41-23-12-19-35-18-11-22-40(46(35)41)49(43)50)34-25-28-37(29-26-34)51-44-24-10-9-21-39(44)48-38-20-8-7-15-33(38)27-30-45(48)51/h1-31H. The van der Waals surface area contributed by atoms with E-state index in [4.69, 9.17) is 0 Å². The Morgan fingerprint density at radius 1 is 0.294 bits per heavy atom. The molecule has 0 bridgehead atoms. The molecule has 11 rings (SSSR count). The van der Waals surface area contributed by atoms with Crippen molar-refractivity contribution >= 4 is 43.4 Å². The maximum atomic E-state index is 2.45. The highest BCUT2D eigenvalue weighted by molar-refractivity contribution is 6.23. The quantitative estimate of drug-likeness (QED) is 0.179. The number of benzene rings is 9. The minimum absolute atomic E-state index is 1.16. The van der Waals surface area contributed by atoms with Gasteiger partial charge in [0.15, 0.2) is 0 Å². The lowest BCUT2D eigenvalue weighted by molar-refractivity contribution is 1.18. The van der Waals surface area contributed by atoms with E-state index in [1.54, 1.807) is 0 Å². The number of hydrogen-bond donors (Lipinski definition) is 0. The van der Waals surface area contributed by atoms with E-state index in [1.165, 1.54) is 99.0 Å². The minimum atomic E-state index is 1.16. The Balaban J connectivity index is 1.19. The molecule has 9 aromatic carbocycles. The smallest absolute Gasteiger partial charge is 0.0547 e. The summed E-state index contributed by atoms with van der Waals surface area (Å²) in [6, 6.07) is 69.2. The predicted molar refractivity (Wildman–Crippen MR) is 217 cm³/mol. The third kappa shape index (κ3) is 4.09. The Morgan fingerprint density at radius 3 is 1.65 bits per heavy atom. The van der Waals surface area contributed by atoms with Crippen molar-refractivity contribution < 1.29 is 0 Å². The molecular weight excluding hydrogens is 615 g/mol. The fraction of sp³-hybridized carbons (Fsp3) is 0. The van der Waals surface area contributed by atoms with Crippen LogP contribution in [0.3, 0.4) is 0 Å². The maximum Gasteiger partial charge on any atom is 0.0547 e. The lowest BCUT2D eigenvalue weighted by Crippen LogP contribution is -1.96. The largest absolute Gasteiger partial charge is 0.309 e. The van der Waals surface area contributed by atoms with Gasteiger partial charge in [-0.25, -0.2) is 0 Å². The van der Waals surface area contributed by atoms with Gasteiger partial charge >= 0.3 is 0 Å². The number of rotatable bonds is 4. The Morgan fingerprint density at radius 2 is 0.882 bits per heavy atom. The Hall–Kier alpha value is -6.70. The zero-order valence-electron chi connectivity index (χ0n) is 27.8. The number of hydrogen-bond acceptors (Lipinski definition) is 0. The van der Waals surface area contributed by atoms with Crippen LogP contribution in [0, 0.1) is 0 Å². The molecule has 1 nitrogen and oxygen atoms in total. The minimum Gasteiger partial charge on any atom is -0.309 e. The van der Waals surface area contributed by atoms with Crippen LogP contribution < -0.4 is 0 Å². The van der Waals surface area contributed by atoms with Crippen LogP contribution in [0.15, 0.2) is 188 Å². The third-order valence-electron chi connectivity index (χ3n) is 10.9. The molecule has 0 spiro atoms. The van der Waals surface area contributed by atoms with Crippen molar-refractivity contribution in [3.63, 3.8) is 0 Å². The van der Waals surface area contributed by atoms with Crippen LogP contribution in [0.1, 0.15) is 0 Å². The van der Waals surface area contributed by atoms with Gasteiger partial charge in [0.25, 0.3) is 0 Å². The van der Waals surface area contributed by atoms with Crippen LogP contribution in [-0.2, 0) is 0 Å². The van der Waals surface area contributed by atoms with E-state index < -0.39 is 0 Å². The molecule has 0 radical (unpaired) electrons. The first-order valence-electron chi connectivity index (χ1n) is 17.7. The second-order valence-corrected chi connectivity index (χ2v) is 13.6. The first-order valence-corrected chi connectivity index (χ1v) is 17.7. The average molecular weight is 646 g/mol. The van der Waals surface area contributed by atoms with Crippen molar-refractivity contribution in [2.24, 2.45) is 0 Å². The highest BCUT2D eigenvalue weighted by atomic mass is 15.0. The second-order valence-electron chi connectivity index (χ2n) is 13.6. The second kappa shape index (κ2) is 10.9. The summed E-state index contributed by atoms with van der Waals surface area (Å²) in [7, 11) is 0. The molecule has 51 heavy (non-hydrogen) atoms. The van der Waals surface area contributed by atoms with Crippen molar-refractivity contribution in [1.29, 1.82) is 0 Å². The predicted octanol–water partition coefficient (Wildman–Crippen LogP) is 13.7. The number of para-hydroxylation sites is 1. The lowest BCUT2D eigenvalue weighted by Gasteiger charge is -2.21. The zero-order chi connectivity index (χ0) is 33.5. The molecular formula is C50H31N. The molecule has 0 aliphatic heterocycles. The normalized spacial score (nSPS) is 11.9. The third-order valence-corrected chi connectivity index (χ3v) is 10.9. The summed E-state index contributed by atoms with van der Waals surface area (Å²) in [6.45, 7) is 0. The molecule has 10 aromatic rings. The molecule has 1 heteroatoms. The summed E-state index contributed by atoms with van der Waals surface area (Å²) in [6.07, 6.45) is 0. The molecule has 0 saturated heterocycles. The Kier molecular flexibility index (Phi) is 6.02. The monoisotopic (exact) mass is 645 g/mol. The van der Waals surface area contributed by atoms with Gasteiger partial charge < -0.3 is 4.57 Å². The van der Waals surface area contributed by atoms with Gasteiger partial charge in [-0.2, -0.15) is 0 Å². The van der Waals surface area contributed by atoms with E-state index in [-0.39, 0.29) is 0 Å². The van der Waals surface area contributed by atoms with E-state index in [0.29, 0.717) is 0 Å². The molecule has 0 fully saturated rings. The molecule has 0 N–H and O–H groups in total. The molecule has 1 aliphatic rings. The van der Waals surface area contributed by atoms with E-state index in [1.807, 2.05) is 0 Å². The van der Waals surface area contributed by atoms with Crippen LogP contribution >= 0.6 is 0 Å². The number of aromatic nitrogens is 1. The number of fused-ring (bicyclic) bond motifs is 8. The fourth-order valence-electron chi connectivity index (χ4n) is 8.77. The summed E-state index contributed by atoms with van der Waals surface area (Å²) >= 11 is 0. The molecule has 236 valence electrons. The van der Waals surface area contributed by atoms with Crippen molar-refractivity contribution in [3.8, 4) is 61.3 Å². The lowest BCUT2D eigenvalue weighted by atomic mass is 9.82. The van der Waals surface area contributed by atoms with Crippen molar-refractivity contribution in [2.45, 2.75) is 0 Å². The molecule has 0 amide bonds. The van der Waals surface area contributed by atoms with Gasteiger partial charge in [0.1, 0.15) is 0 Å². The van der Waals surface area contributed by atoms with Crippen molar-refractivity contribution in [2.75, 3.05) is 0 Å². The topological polar surface area (TPSA) is 4.93 Å². The van der Waals surface area contributed by atoms with Crippen molar-refractivity contribution in [3.05, 3.63) is 188 Å². The SMILES string of the molecule is c1ccc(-c2cc(-c3ccc(-n4c5ccccc5c5c6ccccc6ccc54)cc3)c(-c3ccccc3)c3c2-c2cccc4cccc-3c24)cc1. The van der Waals surface area contributed by atoms with Crippen LogP contribution in [0.5, 0.6) is 0 Å². The van der Waals surface area contributed by atoms with Crippen LogP contribution in [0.4, 0.5) is 0 Å². The van der Waals surface area contributed by atoms with E-state index in [2.05, 4.69) is 193 Å². The van der Waals surface area contributed by atoms with Gasteiger partial charge in [-0.1, -0.05) is 158 Å². The fourth-order valence-corrected chi connectivity index (χ4v) is 8.77. The molecule has 0 atom stereocenters. The van der Waals surface area contributed by atoms with Gasteiger partial charge in [0.2, 0.25) is 0 Å². The summed E-state index contributed by atoms with van der Waals surface area (Å²) in [5.41, 5.74) is 16.3. The van der Waals surface area contributed by atoms with Crippen LogP contribution in [0.2, 0.25) is 0 Å². The first-order chi connectivity index (χ1) is 25.3. The molecule has 0 unspecified atom stereocenters. The van der Waals surface area contributed by atoms with Crippen molar-refractivity contribution in [1.82, 2.24) is 4.57 Å². The van der Waals surface area contributed by atoms with Gasteiger partial charge in [0, 0.05) is 16.5 Å². The summed E-state index contributed by atoms with van der Waals surface area (Å²) in [5, 5.41) is 7.76. The molecule has 1 aromatic heterocycles. The highest BCUT2D eigenvalue weighted by Crippen LogP contribution is 2.57. The maximum absolute atomic E-state index is 2.45. The Bertz CT molecular complexity index is 2980.